The molecule has 2 rings (SSSR count). The van der Waals surface area contributed by atoms with E-state index >= 15 is 0 Å². The van der Waals surface area contributed by atoms with Crippen molar-refractivity contribution < 1.29 is 18.0 Å². The van der Waals surface area contributed by atoms with Crippen LogP contribution >= 0.6 is 0 Å². The third-order valence-corrected chi connectivity index (χ3v) is 3.31. The first-order valence-electron chi connectivity index (χ1n) is 7.12. The van der Waals surface area contributed by atoms with Gasteiger partial charge in [0.2, 0.25) is 0 Å². The molecular formula is C16H15F3N4O. The maximum Gasteiger partial charge on any atom is 0.417 e. The second kappa shape index (κ2) is 6.74. The van der Waals surface area contributed by atoms with Gasteiger partial charge in [-0.05, 0) is 37.6 Å². The van der Waals surface area contributed by atoms with Crippen LogP contribution in [0.5, 0.6) is 0 Å². The fourth-order valence-electron chi connectivity index (χ4n) is 2.22. The van der Waals surface area contributed by atoms with Crippen LogP contribution in [0.3, 0.4) is 0 Å². The lowest BCUT2D eigenvalue weighted by Gasteiger charge is -2.15. The Balaban J connectivity index is 2.13. The number of aryl methyl sites for hydroxylation is 1. The van der Waals surface area contributed by atoms with Crippen molar-refractivity contribution in [2.45, 2.75) is 32.6 Å². The molecule has 0 radical (unpaired) electrons. The van der Waals surface area contributed by atoms with Crippen molar-refractivity contribution in [2.75, 3.05) is 0 Å². The number of benzene rings is 1. The smallest absolute Gasteiger partial charge is 0.348 e. The summed E-state index contributed by atoms with van der Waals surface area (Å²) in [4.78, 5) is 12.1. The summed E-state index contributed by atoms with van der Waals surface area (Å²) in [6, 6.07) is 4.04. The fourth-order valence-corrected chi connectivity index (χ4v) is 2.22. The van der Waals surface area contributed by atoms with Crippen LogP contribution in [-0.4, -0.2) is 21.7 Å². The van der Waals surface area contributed by atoms with E-state index in [0.717, 1.165) is 11.6 Å². The Bertz CT molecular complexity index is 789. The molecule has 0 aliphatic carbocycles. The van der Waals surface area contributed by atoms with Crippen LogP contribution in [0.4, 0.5) is 13.2 Å². The highest BCUT2D eigenvalue weighted by molar-refractivity contribution is 5.94. The van der Waals surface area contributed by atoms with Gasteiger partial charge in [-0.25, -0.2) is 0 Å². The number of hydrogen-bond acceptors (Lipinski definition) is 3. The van der Waals surface area contributed by atoms with E-state index in [9.17, 15) is 18.0 Å². The molecular weight excluding hydrogens is 321 g/mol. The predicted octanol–water partition coefficient (Wildman–Crippen LogP) is 2.90. The van der Waals surface area contributed by atoms with Gasteiger partial charge in [-0.2, -0.15) is 23.5 Å². The van der Waals surface area contributed by atoms with Crippen molar-refractivity contribution in [1.82, 2.24) is 15.1 Å². The maximum absolute atomic E-state index is 12.9. The van der Waals surface area contributed by atoms with Gasteiger partial charge in [-0.1, -0.05) is 0 Å². The van der Waals surface area contributed by atoms with Gasteiger partial charge in [-0.3, -0.25) is 9.48 Å². The molecule has 1 N–H and O–H groups in total. The zero-order valence-electron chi connectivity index (χ0n) is 13.1. The first-order valence-corrected chi connectivity index (χ1v) is 7.12. The average Bonchev–Trinajstić information content (AvgIpc) is 2.90. The number of rotatable bonds is 4. The van der Waals surface area contributed by atoms with Gasteiger partial charge in [0.25, 0.3) is 5.91 Å². The van der Waals surface area contributed by atoms with E-state index in [1.807, 2.05) is 6.92 Å². The largest absolute Gasteiger partial charge is 0.417 e. The number of hydrogen-bond donors (Lipinski definition) is 1. The van der Waals surface area contributed by atoms with Crippen molar-refractivity contribution in [3.05, 3.63) is 52.8 Å². The number of carbonyl (C=O) groups is 1. The Labute approximate surface area is 136 Å². The van der Waals surface area contributed by atoms with Crippen LogP contribution in [0, 0.1) is 18.3 Å². The normalized spacial score (nSPS) is 12.5. The van der Waals surface area contributed by atoms with Crippen LogP contribution in [0.25, 0.3) is 0 Å². The summed E-state index contributed by atoms with van der Waals surface area (Å²) >= 11 is 0. The van der Waals surface area contributed by atoms with Gasteiger partial charge in [0, 0.05) is 17.8 Å². The number of alkyl halides is 3. The van der Waals surface area contributed by atoms with Crippen molar-refractivity contribution in [3.8, 4) is 6.07 Å². The van der Waals surface area contributed by atoms with Gasteiger partial charge in [0.1, 0.15) is 0 Å². The summed E-state index contributed by atoms with van der Waals surface area (Å²) in [7, 11) is 0. The van der Waals surface area contributed by atoms with Gasteiger partial charge in [0.05, 0.1) is 29.9 Å². The molecule has 1 aromatic carbocycles. The van der Waals surface area contributed by atoms with Gasteiger partial charge in [0.15, 0.2) is 0 Å². The van der Waals surface area contributed by atoms with Crippen molar-refractivity contribution in [1.29, 1.82) is 5.26 Å². The molecule has 1 heterocycles. The first kappa shape index (κ1) is 17.5. The third-order valence-electron chi connectivity index (χ3n) is 3.31. The summed E-state index contributed by atoms with van der Waals surface area (Å²) < 4.78 is 40.4. The van der Waals surface area contributed by atoms with Gasteiger partial charge >= 0.3 is 6.18 Å². The third kappa shape index (κ3) is 4.13. The SMILES string of the molecule is Cc1cnn(C[C@H](C)NC(=O)c2ccc(C#N)c(C(F)(F)F)c2)c1. The minimum atomic E-state index is -4.69. The molecule has 0 saturated heterocycles. The number of nitrogens with one attached hydrogen (secondary N) is 1. The molecule has 126 valence electrons. The van der Waals surface area contributed by atoms with E-state index in [1.54, 1.807) is 24.0 Å². The lowest BCUT2D eigenvalue weighted by Crippen LogP contribution is -2.36. The van der Waals surface area contributed by atoms with Crippen LogP contribution in [0.1, 0.15) is 34.0 Å². The Morgan fingerprint density at radius 2 is 2.17 bits per heavy atom. The highest BCUT2D eigenvalue weighted by Crippen LogP contribution is 2.32. The lowest BCUT2D eigenvalue weighted by atomic mass is 10.0. The Morgan fingerprint density at radius 3 is 2.71 bits per heavy atom. The average molecular weight is 336 g/mol. The molecule has 0 saturated carbocycles. The van der Waals surface area contributed by atoms with Crippen LogP contribution in [0.2, 0.25) is 0 Å². The molecule has 0 aliphatic rings. The second-order valence-corrected chi connectivity index (χ2v) is 5.48. The van der Waals surface area contributed by atoms with Crippen LogP contribution in [0.15, 0.2) is 30.6 Å². The molecule has 8 heteroatoms. The molecule has 2 aromatic rings. The van der Waals surface area contributed by atoms with Crippen molar-refractivity contribution in [3.63, 3.8) is 0 Å². The van der Waals surface area contributed by atoms with E-state index in [4.69, 9.17) is 5.26 Å². The second-order valence-electron chi connectivity index (χ2n) is 5.48. The Kier molecular flexibility index (Phi) is 4.93. The number of nitrogens with zero attached hydrogens (tertiary/aromatic N) is 3. The standard InChI is InChI=1S/C16H15F3N4O/c1-10-7-21-23(8-10)9-11(2)22-15(24)12-3-4-13(6-20)14(5-12)16(17,18)19/h3-5,7-8,11H,9H2,1-2H3,(H,22,24)/t11-/m0/s1. The summed E-state index contributed by atoms with van der Waals surface area (Å²) in [6.07, 6.45) is -1.23. The van der Waals surface area contributed by atoms with E-state index in [0.29, 0.717) is 12.6 Å². The zero-order valence-corrected chi connectivity index (χ0v) is 13.1. The predicted molar refractivity (Wildman–Crippen MR) is 80.1 cm³/mol. The quantitative estimate of drug-likeness (QED) is 0.933. The maximum atomic E-state index is 12.9. The summed E-state index contributed by atoms with van der Waals surface area (Å²) in [5.41, 5.74) is -0.813. The monoisotopic (exact) mass is 336 g/mol. The van der Waals surface area contributed by atoms with E-state index < -0.39 is 23.2 Å². The summed E-state index contributed by atoms with van der Waals surface area (Å²) in [5, 5.41) is 15.5. The number of halogens is 3. The molecule has 0 spiro atoms. The molecule has 0 fully saturated rings. The molecule has 0 bridgehead atoms. The highest BCUT2D eigenvalue weighted by atomic mass is 19.4. The molecule has 1 atom stereocenters. The Hall–Kier alpha value is -2.82. The molecule has 5 nitrogen and oxygen atoms in total. The number of amides is 1. The number of nitriles is 1. The van der Waals surface area contributed by atoms with Crippen molar-refractivity contribution in [2.24, 2.45) is 0 Å². The van der Waals surface area contributed by atoms with E-state index in [1.165, 1.54) is 12.1 Å². The number of carbonyl (C=O) groups excluding carboxylic acids is 1. The first-order chi connectivity index (χ1) is 11.2. The zero-order chi connectivity index (χ0) is 17.9. The molecule has 1 aromatic heterocycles. The molecule has 0 unspecified atom stereocenters. The fraction of sp³-hybridized carbons (Fsp3) is 0.312. The van der Waals surface area contributed by atoms with Gasteiger partial charge in [-0.15, -0.1) is 0 Å². The van der Waals surface area contributed by atoms with E-state index in [2.05, 4.69) is 10.4 Å². The minimum Gasteiger partial charge on any atom is -0.348 e. The van der Waals surface area contributed by atoms with Gasteiger partial charge < -0.3 is 5.32 Å². The van der Waals surface area contributed by atoms with Crippen molar-refractivity contribution >= 4 is 5.91 Å². The minimum absolute atomic E-state index is 0.148. The van der Waals surface area contributed by atoms with E-state index in [-0.39, 0.29) is 11.6 Å². The lowest BCUT2D eigenvalue weighted by molar-refractivity contribution is -0.137. The van der Waals surface area contributed by atoms with Crippen LogP contribution in [-0.2, 0) is 12.7 Å². The molecule has 1 amide bonds. The molecule has 24 heavy (non-hydrogen) atoms. The number of aromatic nitrogens is 2. The summed E-state index contributed by atoms with van der Waals surface area (Å²) in [5.74, 6) is -0.638. The molecule has 0 aliphatic heterocycles. The Morgan fingerprint density at radius 1 is 1.46 bits per heavy atom. The highest BCUT2D eigenvalue weighted by Gasteiger charge is 2.34. The summed E-state index contributed by atoms with van der Waals surface area (Å²) in [6.45, 7) is 3.99. The van der Waals surface area contributed by atoms with Crippen LogP contribution < -0.4 is 5.32 Å². The topological polar surface area (TPSA) is 70.7 Å².